The predicted octanol–water partition coefficient (Wildman–Crippen LogP) is 2.95. The molecule has 0 fully saturated rings. The lowest BCUT2D eigenvalue weighted by atomic mass is 9.96. The highest BCUT2D eigenvalue weighted by Crippen LogP contribution is 2.27. The van der Waals surface area contributed by atoms with Crippen molar-refractivity contribution >= 4 is 35.6 Å². The first-order valence-corrected chi connectivity index (χ1v) is 10.0. The third kappa shape index (κ3) is 5.94. The lowest BCUT2D eigenvalue weighted by Gasteiger charge is -2.21. The Morgan fingerprint density at radius 2 is 2.07 bits per heavy atom. The normalized spacial score (nSPS) is 13.7. The van der Waals surface area contributed by atoms with E-state index in [1.165, 1.54) is 0 Å². The third-order valence-corrected chi connectivity index (χ3v) is 4.76. The number of nitrogens with zero attached hydrogens (tertiary/aromatic N) is 4. The number of hydrogen-bond acceptors (Lipinski definition) is 5. The molecule has 0 aliphatic heterocycles. The van der Waals surface area contributed by atoms with Gasteiger partial charge in [-0.15, -0.1) is 34.2 Å². The minimum Gasteiger partial charge on any atom is -0.466 e. The quantitative estimate of drug-likeness (QED) is 0.181. The number of aromatic nitrogens is 3. The number of halogens is 1. The first-order valence-electron chi connectivity index (χ1n) is 10.0. The number of aryl methyl sites for hydroxylation is 3. The summed E-state index contributed by atoms with van der Waals surface area (Å²) in [5, 5.41) is 25.8. The van der Waals surface area contributed by atoms with Crippen LogP contribution in [0.5, 0.6) is 0 Å². The lowest BCUT2D eigenvalue weighted by Crippen LogP contribution is -2.39. The highest BCUT2D eigenvalue weighted by Gasteiger charge is 2.27. The van der Waals surface area contributed by atoms with Crippen molar-refractivity contribution in [3.63, 3.8) is 0 Å². The molecule has 8 nitrogen and oxygen atoms in total. The van der Waals surface area contributed by atoms with Crippen molar-refractivity contribution in [3.05, 3.63) is 53.4 Å². The molecule has 0 radical (unpaired) electrons. The van der Waals surface area contributed by atoms with Crippen LogP contribution in [0.2, 0.25) is 0 Å². The van der Waals surface area contributed by atoms with E-state index in [0.29, 0.717) is 5.96 Å². The van der Waals surface area contributed by atoms with Crippen LogP contribution in [0.3, 0.4) is 0 Å². The first-order chi connectivity index (χ1) is 13.9. The summed E-state index contributed by atoms with van der Waals surface area (Å²) in [6, 6.07) is 7.74. The average Bonchev–Trinajstić information content (AvgIpc) is 3.26. The number of aliphatic imine (C=N–C) groups is 1. The average molecular weight is 526 g/mol. The van der Waals surface area contributed by atoms with Crippen molar-refractivity contribution in [1.29, 1.82) is 0 Å². The minimum absolute atomic E-state index is 0. The van der Waals surface area contributed by atoms with Crippen LogP contribution in [0.4, 0.5) is 0 Å². The fourth-order valence-corrected chi connectivity index (χ4v) is 3.34. The van der Waals surface area contributed by atoms with Crippen molar-refractivity contribution in [2.45, 2.75) is 46.1 Å². The summed E-state index contributed by atoms with van der Waals surface area (Å²) >= 11 is 0. The Kier molecular flexibility index (Phi) is 8.65. The molecule has 3 heterocycles. The largest absolute Gasteiger partial charge is 0.466 e. The highest BCUT2D eigenvalue weighted by atomic mass is 127. The van der Waals surface area contributed by atoms with Gasteiger partial charge in [0, 0.05) is 31.3 Å². The van der Waals surface area contributed by atoms with E-state index in [1.807, 2.05) is 55.6 Å². The van der Waals surface area contributed by atoms with Gasteiger partial charge in [0.2, 0.25) is 0 Å². The molecule has 164 valence electrons. The molecule has 3 rings (SSSR count). The van der Waals surface area contributed by atoms with Crippen LogP contribution < -0.4 is 10.6 Å². The molecule has 0 aliphatic carbocycles. The van der Waals surface area contributed by atoms with Crippen molar-refractivity contribution < 1.29 is 9.52 Å². The van der Waals surface area contributed by atoms with Crippen LogP contribution in [0.1, 0.15) is 43.2 Å². The molecule has 9 heteroatoms. The number of furan rings is 1. The summed E-state index contributed by atoms with van der Waals surface area (Å²) in [4.78, 5) is 4.57. The second-order valence-corrected chi connectivity index (χ2v) is 7.37. The van der Waals surface area contributed by atoms with Gasteiger partial charge < -0.3 is 20.2 Å². The highest BCUT2D eigenvalue weighted by molar-refractivity contribution is 14.0. The van der Waals surface area contributed by atoms with Gasteiger partial charge in [0.05, 0.1) is 6.54 Å². The van der Waals surface area contributed by atoms with Gasteiger partial charge in [-0.1, -0.05) is 6.07 Å². The van der Waals surface area contributed by atoms with Gasteiger partial charge in [0.15, 0.2) is 11.6 Å². The molecule has 0 saturated heterocycles. The van der Waals surface area contributed by atoms with Crippen molar-refractivity contribution in [3.8, 4) is 0 Å². The smallest absolute Gasteiger partial charge is 0.191 e. The number of fused-ring (bicyclic) bond motifs is 1. The Morgan fingerprint density at radius 3 is 2.77 bits per heavy atom. The maximum atomic E-state index is 10.9. The summed E-state index contributed by atoms with van der Waals surface area (Å²) in [6.45, 7) is 9.22. The van der Waals surface area contributed by atoms with Gasteiger partial charge in [0.25, 0.3) is 0 Å². The van der Waals surface area contributed by atoms with Crippen LogP contribution in [0, 0.1) is 13.8 Å². The molecule has 0 saturated carbocycles. The summed E-state index contributed by atoms with van der Waals surface area (Å²) < 4.78 is 7.55. The maximum absolute atomic E-state index is 10.9. The van der Waals surface area contributed by atoms with E-state index in [0.717, 1.165) is 54.5 Å². The zero-order valence-electron chi connectivity index (χ0n) is 18.0. The number of guanidine groups is 1. The number of pyridine rings is 1. The SMILES string of the molecule is CCNC(=NCC(C)(O)c1cc(C)oc1C)NCCCc1nnc2ccccn12.I. The summed E-state index contributed by atoms with van der Waals surface area (Å²) in [5.41, 5.74) is 0.538. The molecule has 3 aromatic rings. The molecular formula is C21H31IN6O2. The second kappa shape index (κ2) is 10.8. The Labute approximate surface area is 194 Å². The Bertz CT molecular complexity index is 979. The predicted molar refractivity (Wildman–Crippen MR) is 128 cm³/mol. The minimum atomic E-state index is -1.09. The summed E-state index contributed by atoms with van der Waals surface area (Å²) in [5.74, 6) is 3.13. The second-order valence-electron chi connectivity index (χ2n) is 7.37. The van der Waals surface area contributed by atoms with Gasteiger partial charge in [-0.25, -0.2) is 4.99 Å². The molecule has 0 spiro atoms. The van der Waals surface area contributed by atoms with E-state index in [2.05, 4.69) is 25.8 Å². The number of nitrogens with one attached hydrogen (secondary N) is 2. The number of hydrogen-bond donors (Lipinski definition) is 3. The number of aliphatic hydroxyl groups is 1. The molecule has 1 atom stereocenters. The summed E-state index contributed by atoms with van der Waals surface area (Å²) in [7, 11) is 0. The molecule has 3 aromatic heterocycles. The summed E-state index contributed by atoms with van der Waals surface area (Å²) in [6.07, 6.45) is 3.67. The van der Waals surface area contributed by atoms with Gasteiger partial charge in [-0.3, -0.25) is 4.40 Å². The van der Waals surface area contributed by atoms with Gasteiger partial charge in [-0.2, -0.15) is 0 Å². The van der Waals surface area contributed by atoms with E-state index >= 15 is 0 Å². The van der Waals surface area contributed by atoms with Gasteiger partial charge in [0.1, 0.15) is 22.9 Å². The zero-order valence-corrected chi connectivity index (χ0v) is 20.3. The Balaban J connectivity index is 0.00000320. The van der Waals surface area contributed by atoms with E-state index in [4.69, 9.17) is 4.42 Å². The standard InChI is InChI=1S/C21H30N6O2.HI/c1-5-22-20(24-14-21(4,28)17-13-15(2)29-16(17)3)23-11-8-10-19-26-25-18-9-6-7-12-27(18)19;/h6-7,9,12-13,28H,5,8,10-11,14H2,1-4H3,(H2,22,23,24);1H. The molecule has 0 amide bonds. The van der Waals surface area contributed by atoms with Gasteiger partial charge >= 0.3 is 0 Å². The molecule has 0 aliphatic rings. The number of rotatable bonds is 8. The fraction of sp³-hybridized carbons (Fsp3) is 0.476. The Hall–Kier alpha value is -2.14. The van der Waals surface area contributed by atoms with Crippen LogP contribution in [0.25, 0.3) is 5.65 Å². The molecule has 3 N–H and O–H groups in total. The van der Waals surface area contributed by atoms with Crippen molar-refractivity contribution in [1.82, 2.24) is 25.2 Å². The maximum Gasteiger partial charge on any atom is 0.191 e. The third-order valence-electron chi connectivity index (χ3n) is 4.76. The molecule has 30 heavy (non-hydrogen) atoms. The van der Waals surface area contributed by atoms with Crippen LogP contribution >= 0.6 is 24.0 Å². The molecule has 0 bridgehead atoms. The first kappa shape index (κ1) is 24.1. The zero-order chi connectivity index (χ0) is 20.9. The van der Waals surface area contributed by atoms with Gasteiger partial charge in [-0.05, 0) is 52.3 Å². The van der Waals surface area contributed by atoms with E-state index in [1.54, 1.807) is 6.92 Å². The van der Waals surface area contributed by atoms with E-state index in [9.17, 15) is 5.11 Å². The monoisotopic (exact) mass is 526 g/mol. The van der Waals surface area contributed by atoms with Crippen LogP contribution in [0.15, 0.2) is 39.9 Å². The van der Waals surface area contributed by atoms with Crippen LogP contribution in [-0.4, -0.2) is 45.3 Å². The topological polar surface area (TPSA) is 100.0 Å². The van der Waals surface area contributed by atoms with Crippen molar-refractivity contribution in [2.75, 3.05) is 19.6 Å². The Morgan fingerprint density at radius 1 is 1.27 bits per heavy atom. The fourth-order valence-electron chi connectivity index (χ4n) is 3.34. The van der Waals surface area contributed by atoms with E-state index < -0.39 is 5.60 Å². The lowest BCUT2D eigenvalue weighted by molar-refractivity contribution is 0.0657. The molecule has 1 unspecified atom stereocenters. The van der Waals surface area contributed by atoms with E-state index in [-0.39, 0.29) is 30.5 Å². The molecule has 0 aromatic carbocycles. The molecular weight excluding hydrogens is 495 g/mol. The van der Waals surface area contributed by atoms with Crippen LogP contribution in [-0.2, 0) is 12.0 Å². The van der Waals surface area contributed by atoms with Crippen molar-refractivity contribution in [2.24, 2.45) is 4.99 Å².